The van der Waals surface area contributed by atoms with E-state index in [9.17, 15) is 0 Å². The largest absolute Gasteiger partial charge is 0.256 e. The van der Waals surface area contributed by atoms with Crippen LogP contribution in [0.1, 0.15) is 121 Å². The minimum Gasteiger partial charge on any atom is -0.256 e. The molecule has 0 spiro atoms. The van der Waals surface area contributed by atoms with Gasteiger partial charge in [0, 0.05) is 0 Å². The summed E-state index contributed by atoms with van der Waals surface area (Å²) in [4.78, 5) is 0. The van der Waals surface area contributed by atoms with E-state index in [2.05, 4.69) is 0 Å². The number of benzene rings is 6. The first kappa shape index (κ1) is 39.9. The third kappa shape index (κ3) is 7.22. The average Bonchev–Trinajstić information content (AvgIpc) is 3.25. The van der Waals surface area contributed by atoms with Gasteiger partial charge in [-0.25, -0.2) is 26.3 Å². The summed E-state index contributed by atoms with van der Waals surface area (Å²) in [7, 11) is -2.42. The van der Waals surface area contributed by atoms with Crippen molar-refractivity contribution in [1.82, 2.24) is 0 Å². The average molecular weight is 807 g/mol. The Morgan fingerprint density at radius 3 is 0.897 bits per heavy atom. The van der Waals surface area contributed by atoms with Gasteiger partial charge >= 0.3 is 0 Å². The highest BCUT2D eigenvalue weighted by Crippen LogP contribution is 2.57. The Bertz CT molecular complexity index is 2120. The Morgan fingerprint density at radius 1 is 0.362 bits per heavy atom. The van der Waals surface area contributed by atoms with Crippen molar-refractivity contribution < 1.29 is 30.6 Å². The van der Waals surface area contributed by atoms with Crippen LogP contribution in [0.4, 0.5) is 26.3 Å². The van der Waals surface area contributed by atoms with E-state index < -0.39 is 55.2 Å². The molecular weight excluding hydrogens is 763 g/mol. The third-order valence-corrected chi connectivity index (χ3v) is 14.9. The van der Waals surface area contributed by atoms with E-state index in [0.29, 0.717) is 44.5 Å². The second-order valence-corrected chi connectivity index (χ2v) is 17.6. The maximum atomic E-state index is 17.6. The predicted molar refractivity (Wildman–Crippen MR) is 218 cm³/mol. The Hall–Kier alpha value is -4.95. The van der Waals surface area contributed by atoms with Crippen LogP contribution in [0.5, 0.6) is 0 Å². The van der Waals surface area contributed by atoms with E-state index in [1.165, 1.54) is 72.8 Å². The summed E-state index contributed by atoms with van der Waals surface area (Å²) < 4.78 is 106. The minimum atomic E-state index is -2.42. The zero-order valence-electron chi connectivity index (χ0n) is 32.0. The molecule has 2 aliphatic rings. The smallest absolute Gasteiger partial charge is 0.123 e. The summed E-state index contributed by atoms with van der Waals surface area (Å²) in [5.74, 6) is -3.41. The van der Waals surface area contributed by atoms with Crippen LogP contribution in [0.2, 0.25) is 0 Å². The summed E-state index contributed by atoms with van der Waals surface area (Å²) in [5.41, 5.74) is 3.70. The Labute approximate surface area is 338 Å². The van der Waals surface area contributed by atoms with Gasteiger partial charge in [0.15, 0.2) is 0 Å². The molecule has 0 aromatic heterocycles. The van der Waals surface area contributed by atoms with E-state index in [4.69, 9.17) is 0 Å². The zero-order chi connectivity index (χ0) is 40.4. The van der Waals surface area contributed by atoms with Crippen molar-refractivity contribution in [3.05, 3.63) is 213 Å². The summed E-state index contributed by atoms with van der Waals surface area (Å²) >= 11 is 0. The van der Waals surface area contributed by atoms with Gasteiger partial charge in [-0.2, -0.15) is 0 Å². The molecule has 2 saturated carbocycles. The van der Waals surface area contributed by atoms with Gasteiger partial charge < -0.3 is 0 Å². The predicted octanol–water partition coefficient (Wildman–Crippen LogP) is 13.6. The molecule has 6 aromatic rings. The normalized spacial score (nSPS) is 15.8. The zero-order valence-corrected chi connectivity index (χ0v) is 32.8. The monoisotopic (exact) mass is 806 g/mol. The molecule has 0 saturated heterocycles. The Morgan fingerprint density at radius 2 is 0.621 bits per heavy atom. The summed E-state index contributed by atoms with van der Waals surface area (Å²) in [5, 5.41) is 0. The molecule has 0 radical (unpaired) electrons. The highest BCUT2D eigenvalue weighted by Gasteiger charge is 2.57. The first-order valence-corrected chi connectivity index (χ1v) is 21.3. The van der Waals surface area contributed by atoms with Crippen molar-refractivity contribution in [2.24, 2.45) is 0 Å². The lowest BCUT2D eigenvalue weighted by molar-refractivity contribution is 0.437. The standard InChI is InChI=1S/C50H44F6OS/c51-39-19-11-35(12-20-39)49(36-13-21-40(52)22-14-36,47-29-27-43(55)31-45(47)33-7-3-1-4-8-33)58(57)50(37-15-23-41(53)24-16-37,38-17-25-42(54)26-18-38)48-30-28-44(56)32-46(48)34-9-5-2-6-10-34/h11-34H,1-10H2. The molecule has 8 rings (SSSR count). The molecule has 58 heavy (non-hydrogen) atoms. The van der Waals surface area contributed by atoms with E-state index in [1.54, 1.807) is 60.7 Å². The van der Waals surface area contributed by atoms with Gasteiger partial charge in [0.05, 0.1) is 10.8 Å². The molecule has 0 atom stereocenters. The molecule has 0 N–H and O–H groups in total. The lowest BCUT2D eigenvalue weighted by Crippen LogP contribution is -2.48. The highest BCUT2D eigenvalue weighted by molar-refractivity contribution is 7.88. The molecule has 0 amide bonds. The first-order chi connectivity index (χ1) is 28.1. The fourth-order valence-electron chi connectivity index (χ4n) is 9.76. The van der Waals surface area contributed by atoms with Gasteiger partial charge in [0.2, 0.25) is 0 Å². The van der Waals surface area contributed by atoms with E-state index in [1.807, 2.05) is 0 Å². The van der Waals surface area contributed by atoms with Gasteiger partial charge in [-0.1, -0.05) is 99.2 Å². The SMILES string of the molecule is O=S(C(c1ccc(F)cc1)(c1ccc(F)cc1)c1ccc(F)cc1C1CCCCC1)C(c1ccc(F)cc1)(c1ccc(F)cc1)c1ccc(F)cc1C1CCCCC1. The van der Waals surface area contributed by atoms with Crippen LogP contribution in [0.15, 0.2) is 133 Å². The molecule has 298 valence electrons. The van der Waals surface area contributed by atoms with Gasteiger partial charge in [-0.3, -0.25) is 4.21 Å². The lowest BCUT2D eigenvalue weighted by atomic mass is 9.75. The van der Waals surface area contributed by atoms with E-state index in [0.717, 1.165) is 64.2 Å². The van der Waals surface area contributed by atoms with Crippen molar-refractivity contribution in [2.45, 2.75) is 85.5 Å². The number of hydrogen-bond acceptors (Lipinski definition) is 1. The fourth-order valence-corrected chi connectivity index (χ4v) is 12.4. The third-order valence-electron chi connectivity index (χ3n) is 12.4. The van der Waals surface area contributed by atoms with Crippen LogP contribution in [0, 0.1) is 34.9 Å². The van der Waals surface area contributed by atoms with Crippen molar-refractivity contribution in [3.63, 3.8) is 0 Å². The van der Waals surface area contributed by atoms with Crippen LogP contribution in [-0.2, 0) is 20.3 Å². The van der Waals surface area contributed by atoms with Crippen molar-refractivity contribution in [3.8, 4) is 0 Å². The van der Waals surface area contributed by atoms with E-state index in [-0.39, 0.29) is 11.8 Å². The van der Waals surface area contributed by atoms with E-state index >= 15 is 30.6 Å². The number of hydrogen-bond donors (Lipinski definition) is 0. The van der Waals surface area contributed by atoms with Crippen LogP contribution < -0.4 is 0 Å². The van der Waals surface area contributed by atoms with Crippen LogP contribution in [0.3, 0.4) is 0 Å². The Kier molecular flexibility index (Phi) is 11.5. The first-order valence-electron chi connectivity index (χ1n) is 20.2. The number of halogens is 6. The van der Waals surface area contributed by atoms with Crippen LogP contribution >= 0.6 is 0 Å². The lowest BCUT2D eigenvalue weighted by Gasteiger charge is -2.47. The summed E-state index contributed by atoms with van der Waals surface area (Å²) in [6, 6.07) is 31.5. The van der Waals surface area contributed by atoms with Crippen LogP contribution in [-0.4, -0.2) is 4.21 Å². The van der Waals surface area contributed by atoms with Crippen molar-refractivity contribution in [1.29, 1.82) is 0 Å². The molecule has 0 bridgehead atoms. The molecule has 8 heteroatoms. The fraction of sp³-hybridized carbons (Fsp3) is 0.280. The van der Waals surface area contributed by atoms with Crippen molar-refractivity contribution >= 4 is 10.8 Å². The summed E-state index contributed by atoms with van der Waals surface area (Å²) in [6.45, 7) is 0. The molecular formula is C50H44F6OS. The van der Waals surface area contributed by atoms with Gasteiger partial charge in [0.1, 0.15) is 44.4 Å². The second kappa shape index (κ2) is 16.7. The Balaban J connectivity index is 1.59. The maximum Gasteiger partial charge on any atom is 0.123 e. The van der Waals surface area contributed by atoms with Gasteiger partial charge in [-0.15, -0.1) is 0 Å². The van der Waals surface area contributed by atoms with Crippen molar-refractivity contribution in [2.75, 3.05) is 0 Å². The molecule has 2 aliphatic carbocycles. The molecule has 1 nitrogen and oxygen atoms in total. The minimum absolute atomic E-state index is 0.133. The van der Waals surface area contributed by atoms with Crippen LogP contribution in [0.25, 0.3) is 0 Å². The molecule has 0 aliphatic heterocycles. The molecule has 0 heterocycles. The highest BCUT2D eigenvalue weighted by atomic mass is 32.2. The molecule has 6 aromatic carbocycles. The van der Waals surface area contributed by atoms with Gasteiger partial charge in [0.25, 0.3) is 0 Å². The topological polar surface area (TPSA) is 17.1 Å². The second-order valence-electron chi connectivity index (χ2n) is 15.8. The number of rotatable bonds is 10. The maximum absolute atomic E-state index is 17.6. The summed E-state index contributed by atoms with van der Waals surface area (Å²) in [6.07, 6.45) is 8.63. The quantitative estimate of drug-likeness (QED) is 0.0995. The molecule has 0 unspecified atom stereocenters. The van der Waals surface area contributed by atoms with Gasteiger partial charge in [-0.05, 0) is 155 Å². The molecule has 2 fully saturated rings.